The fourth-order valence-corrected chi connectivity index (χ4v) is 4.97. The Balaban J connectivity index is 1.39. The molecule has 0 aliphatic carbocycles. The van der Waals surface area contributed by atoms with E-state index >= 15 is 0 Å². The Hall–Kier alpha value is -3.30. The predicted octanol–water partition coefficient (Wildman–Crippen LogP) is 3.98. The highest BCUT2D eigenvalue weighted by Crippen LogP contribution is 2.39. The van der Waals surface area contributed by atoms with E-state index in [1.54, 1.807) is 26.0 Å². The van der Waals surface area contributed by atoms with Crippen LogP contribution in [0.3, 0.4) is 0 Å². The standard InChI is InChI=1S/C25H29F3N4O3/c1-14-10-16(25(26,27)28)5-8-20(14)35-24(2,3)23(34)31-17-11-18-6-7-19(12-17)32(18)21-9-4-15(13-30-21)22(29)33/h4-5,8-10,13,17-19H,6-7,11-12H2,1-3H3,(H2,29,33)(H,31,34). The molecule has 2 fully saturated rings. The number of nitrogens with one attached hydrogen (secondary N) is 1. The second-order valence-electron chi connectivity index (χ2n) is 9.79. The first-order valence-electron chi connectivity index (χ1n) is 11.6. The number of hydrogen-bond donors (Lipinski definition) is 2. The summed E-state index contributed by atoms with van der Waals surface area (Å²) in [6.07, 6.45) is 0.452. The third kappa shape index (κ3) is 5.21. The molecule has 2 amide bonds. The van der Waals surface area contributed by atoms with Gasteiger partial charge in [0.05, 0.1) is 11.1 Å². The molecule has 7 nitrogen and oxygen atoms in total. The third-order valence-corrected chi connectivity index (χ3v) is 6.78. The summed E-state index contributed by atoms with van der Waals surface area (Å²) in [5.74, 6) is 0.176. The number of nitrogens with zero attached hydrogens (tertiary/aromatic N) is 2. The lowest BCUT2D eigenvalue weighted by Crippen LogP contribution is -2.55. The zero-order chi connectivity index (χ0) is 25.5. The second-order valence-corrected chi connectivity index (χ2v) is 9.79. The quantitative estimate of drug-likeness (QED) is 0.639. The molecule has 4 rings (SSSR count). The highest BCUT2D eigenvalue weighted by molar-refractivity contribution is 5.92. The van der Waals surface area contributed by atoms with Gasteiger partial charge in [-0.3, -0.25) is 9.59 Å². The Morgan fingerprint density at radius 1 is 1.11 bits per heavy atom. The monoisotopic (exact) mass is 490 g/mol. The van der Waals surface area contributed by atoms with Crippen LogP contribution in [-0.4, -0.2) is 40.5 Å². The molecule has 1 aromatic heterocycles. The summed E-state index contributed by atoms with van der Waals surface area (Å²) in [5.41, 5.74) is 3.93. The zero-order valence-corrected chi connectivity index (χ0v) is 19.9. The van der Waals surface area contributed by atoms with Crippen molar-refractivity contribution in [1.29, 1.82) is 0 Å². The van der Waals surface area contributed by atoms with Crippen LogP contribution in [-0.2, 0) is 11.0 Å². The number of aryl methyl sites for hydroxylation is 1. The lowest BCUT2D eigenvalue weighted by molar-refractivity contribution is -0.138. The number of nitrogens with two attached hydrogens (primary N) is 1. The molecule has 2 unspecified atom stereocenters. The zero-order valence-electron chi connectivity index (χ0n) is 19.9. The number of pyridine rings is 1. The van der Waals surface area contributed by atoms with E-state index in [4.69, 9.17) is 10.5 Å². The van der Waals surface area contributed by atoms with Crippen molar-refractivity contribution in [3.63, 3.8) is 0 Å². The summed E-state index contributed by atoms with van der Waals surface area (Å²) in [6, 6.07) is 7.03. The molecule has 0 radical (unpaired) electrons. The number of amides is 2. The second kappa shape index (κ2) is 9.05. The van der Waals surface area contributed by atoms with Crippen LogP contribution in [0.15, 0.2) is 36.5 Å². The van der Waals surface area contributed by atoms with Crippen LogP contribution in [0.2, 0.25) is 0 Å². The summed E-state index contributed by atoms with van der Waals surface area (Å²) in [5, 5.41) is 3.08. The predicted molar refractivity (Wildman–Crippen MR) is 124 cm³/mol. The first-order valence-corrected chi connectivity index (χ1v) is 11.6. The van der Waals surface area contributed by atoms with Crippen LogP contribution >= 0.6 is 0 Å². The van der Waals surface area contributed by atoms with E-state index in [0.717, 1.165) is 43.6 Å². The molecule has 10 heteroatoms. The van der Waals surface area contributed by atoms with Crippen molar-refractivity contribution in [2.75, 3.05) is 4.90 Å². The molecule has 0 spiro atoms. The molecule has 2 atom stereocenters. The molecule has 2 bridgehead atoms. The Morgan fingerprint density at radius 3 is 2.29 bits per heavy atom. The topological polar surface area (TPSA) is 97.5 Å². The van der Waals surface area contributed by atoms with Crippen molar-refractivity contribution in [3.05, 3.63) is 53.2 Å². The number of primary amides is 1. The molecular formula is C25H29F3N4O3. The van der Waals surface area contributed by atoms with Gasteiger partial charge in [-0.15, -0.1) is 0 Å². The molecule has 2 aliphatic rings. The van der Waals surface area contributed by atoms with Crippen molar-refractivity contribution >= 4 is 17.6 Å². The van der Waals surface area contributed by atoms with Crippen molar-refractivity contribution < 1.29 is 27.5 Å². The van der Waals surface area contributed by atoms with E-state index in [1.807, 2.05) is 0 Å². The molecule has 35 heavy (non-hydrogen) atoms. The Kier molecular flexibility index (Phi) is 6.42. The maximum absolute atomic E-state index is 13.1. The van der Waals surface area contributed by atoms with Crippen molar-refractivity contribution in [2.45, 2.75) is 76.4 Å². The Morgan fingerprint density at radius 2 is 1.77 bits per heavy atom. The fraction of sp³-hybridized carbons (Fsp3) is 0.480. The van der Waals surface area contributed by atoms with Crippen LogP contribution in [0, 0.1) is 6.92 Å². The Labute approximate surface area is 201 Å². The van der Waals surface area contributed by atoms with Crippen LogP contribution in [0.25, 0.3) is 0 Å². The van der Waals surface area contributed by atoms with Crippen molar-refractivity contribution in [3.8, 4) is 5.75 Å². The highest BCUT2D eigenvalue weighted by atomic mass is 19.4. The number of aromatic nitrogens is 1. The molecule has 3 N–H and O–H groups in total. The average Bonchev–Trinajstić information content (AvgIpc) is 3.04. The molecule has 1 aromatic carbocycles. The minimum absolute atomic E-state index is 0.0577. The van der Waals surface area contributed by atoms with Gasteiger partial charge in [-0.05, 0) is 82.3 Å². The van der Waals surface area contributed by atoms with Gasteiger partial charge in [0.2, 0.25) is 5.91 Å². The SMILES string of the molecule is Cc1cc(C(F)(F)F)ccc1OC(C)(C)C(=O)NC1CC2CCC(C1)N2c1ccc(C(N)=O)cn1. The molecule has 0 saturated carbocycles. The maximum atomic E-state index is 13.1. The van der Waals surface area contributed by atoms with E-state index in [2.05, 4.69) is 15.2 Å². The minimum atomic E-state index is -4.44. The number of ether oxygens (including phenoxy) is 1. The van der Waals surface area contributed by atoms with Crippen LogP contribution in [0.4, 0.5) is 19.0 Å². The lowest BCUT2D eigenvalue weighted by Gasteiger charge is -2.41. The van der Waals surface area contributed by atoms with Gasteiger partial charge in [0.1, 0.15) is 11.6 Å². The van der Waals surface area contributed by atoms with Crippen molar-refractivity contribution in [2.24, 2.45) is 5.73 Å². The van der Waals surface area contributed by atoms with Gasteiger partial charge in [0.25, 0.3) is 5.91 Å². The van der Waals surface area contributed by atoms with Gasteiger partial charge in [0.15, 0.2) is 5.60 Å². The maximum Gasteiger partial charge on any atom is 0.416 e. The number of benzene rings is 1. The number of piperidine rings is 1. The van der Waals surface area contributed by atoms with Crippen LogP contribution < -0.4 is 20.7 Å². The summed E-state index contributed by atoms with van der Waals surface area (Å²) in [6.45, 7) is 4.73. The average molecular weight is 491 g/mol. The number of carbonyl (C=O) groups is 2. The van der Waals surface area contributed by atoms with Gasteiger partial charge in [-0.2, -0.15) is 13.2 Å². The number of alkyl halides is 3. The normalized spacial score (nSPS) is 22.1. The number of rotatable bonds is 6. The molecular weight excluding hydrogens is 461 g/mol. The minimum Gasteiger partial charge on any atom is -0.478 e. The van der Waals surface area contributed by atoms with Gasteiger partial charge in [-0.1, -0.05) is 0 Å². The van der Waals surface area contributed by atoms with Gasteiger partial charge in [-0.25, -0.2) is 4.98 Å². The van der Waals surface area contributed by atoms with Crippen LogP contribution in [0.5, 0.6) is 5.75 Å². The Bertz CT molecular complexity index is 1100. The first-order chi connectivity index (χ1) is 16.3. The van der Waals surface area contributed by atoms with Gasteiger partial charge in [0, 0.05) is 24.3 Å². The van der Waals surface area contributed by atoms with E-state index in [0.29, 0.717) is 11.1 Å². The van der Waals surface area contributed by atoms with Gasteiger partial charge >= 0.3 is 6.18 Å². The molecule has 3 heterocycles. The number of hydrogen-bond acceptors (Lipinski definition) is 5. The molecule has 2 aliphatic heterocycles. The summed E-state index contributed by atoms with van der Waals surface area (Å²) < 4.78 is 44.7. The van der Waals surface area contributed by atoms with Gasteiger partial charge < -0.3 is 20.7 Å². The van der Waals surface area contributed by atoms with E-state index in [-0.39, 0.29) is 29.8 Å². The highest BCUT2D eigenvalue weighted by Gasteiger charge is 2.43. The number of halogens is 3. The third-order valence-electron chi connectivity index (χ3n) is 6.78. The first kappa shape index (κ1) is 24.8. The van der Waals surface area contributed by atoms with E-state index in [1.165, 1.54) is 19.2 Å². The molecule has 2 saturated heterocycles. The summed E-state index contributed by atoms with van der Waals surface area (Å²) in [7, 11) is 0. The van der Waals surface area contributed by atoms with E-state index in [9.17, 15) is 22.8 Å². The number of anilines is 1. The fourth-order valence-electron chi connectivity index (χ4n) is 4.97. The summed E-state index contributed by atoms with van der Waals surface area (Å²) in [4.78, 5) is 31.1. The number of fused-ring (bicyclic) bond motifs is 2. The summed E-state index contributed by atoms with van der Waals surface area (Å²) >= 11 is 0. The molecule has 2 aromatic rings. The smallest absolute Gasteiger partial charge is 0.416 e. The molecule has 188 valence electrons. The van der Waals surface area contributed by atoms with E-state index < -0.39 is 23.2 Å². The largest absolute Gasteiger partial charge is 0.478 e. The van der Waals surface area contributed by atoms with Crippen LogP contribution in [0.1, 0.15) is 61.0 Å². The van der Waals surface area contributed by atoms with Crippen molar-refractivity contribution in [1.82, 2.24) is 10.3 Å². The lowest BCUT2D eigenvalue weighted by atomic mass is 9.96. The number of carbonyl (C=O) groups excluding carboxylic acids is 2.